The van der Waals surface area contributed by atoms with Gasteiger partial charge in [-0.1, -0.05) is 29.8 Å². The molecule has 3 aromatic rings. The summed E-state index contributed by atoms with van der Waals surface area (Å²) in [6.45, 7) is 2.55. The van der Waals surface area contributed by atoms with E-state index in [1.165, 1.54) is 12.3 Å². The zero-order valence-electron chi connectivity index (χ0n) is 15.8. The smallest absolute Gasteiger partial charge is 0.270 e. The van der Waals surface area contributed by atoms with Crippen LogP contribution in [0.4, 0.5) is 5.69 Å². The minimum absolute atomic E-state index is 0.165. The van der Waals surface area contributed by atoms with E-state index in [0.29, 0.717) is 29.3 Å². The third kappa shape index (κ3) is 4.35. The van der Waals surface area contributed by atoms with E-state index < -0.39 is 0 Å². The van der Waals surface area contributed by atoms with E-state index in [1.54, 1.807) is 24.3 Å². The van der Waals surface area contributed by atoms with Gasteiger partial charge >= 0.3 is 0 Å². The molecule has 0 atom stereocenters. The number of aromatic nitrogens is 1. The summed E-state index contributed by atoms with van der Waals surface area (Å²) in [6.07, 6.45) is 1.44. The molecule has 2 N–H and O–H groups in total. The van der Waals surface area contributed by atoms with Crippen molar-refractivity contribution in [1.82, 2.24) is 10.3 Å². The Morgan fingerprint density at radius 2 is 1.76 bits per heavy atom. The van der Waals surface area contributed by atoms with Gasteiger partial charge in [-0.3, -0.25) is 14.6 Å². The molecule has 1 aromatic heterocycles. The summed E-state index contributed by atoms with van der Waals surface area (Å²) < 4.78 is 10.6. The molecule has 0 saturated heterocycles. The average Bonchev–Trinajstić information content (AvgIpc) is 3.21. The number of benzene rings is 2. The van der Waals surface area contributed by atoms with Gasteiger partial charge in [0.2, 0.25) is 6.79 Å². The third-order valence-corrected chi connectivity index (χ3v) is 4.46. The molecule has 0 fully saturated rings. The maximum absolute atomic E-state index is 12.6. The average molecular weight is 389 g/mol. The molecule has 0 saturated carbocycles. The fourth-order valence-electron chi connectivity index (χ4n) is 2.85. The van der Waals surface area contributed by atoms with E-state index in [0.717, 1.165) is 11.1 Å². The second kappa shape index (κ2) is 8.02. The Bertz CT molecular complexity index is 1060. The summed E-state index contributed by atoms with van der Waals surface area (Å²) in [5.74, 6) is 0.523. The highest BCUT2D eigenvalue weighted by Crippen LogP contribution is 2.34. The van der Waals surface area contributed by atoms with Crippen molar-refractivity contribution in [3.8, 4) is 11.5 Å². The predicted molar refractivity (Wildman–Crippen MR) is 107 cm³/mol. The third-order valence-electron chi connectivity index (χ3n) is 4.46. The van der Waals surface area contributed by atoms with Crippen LogP contribution in [0.15, 0.2) is 60.8 Å². The molecule has 4 rings (SSSR count). The number of ether oxygens (including phenoxy) is 2. The van der Waals surface area contributed by atoms with Crippen LogP contribution in [0.2, 0.25) is 0 Å². The number of rotatable bonds is 5. The first-order chi connectivity index (χ1) is 14.1. The van der Waals surface area contributed by atoms with Gasteiger partial charge in [0.25, 0.3) is 11.8 Å². The number of aryl methyl sites for hydroxylation is 1. The van der Waals surface area contributed by atoms with Crippen LogP contribution < -0.4 is 20.1 Å². The molecule has 0 aliphatic carbocycles. The van der Waals surface area contributed by atoms with E-state index >= 15 is 0 Å². The molecule has 1 aliphatic heterocycles. The number of fused-ring (bicyclic) bond motifs is 1. The monoisotopic (exact) mass is 389 g/mol. The van der Waals surface area contributed by atoms with Gasteiger partial charge in [0.05, 0.1) is 0 Å². The Hall–Kier alpha value is -3.87. The summed E-state index contributed by atoms with van der Waals surface area (Å²) in [4.78, 5) is 29.0. The van der Waals surface area contributed by atoms with Crippen molar-refractivity contribution in [2.45, 2.75) is 13.5 Å². The van der Waals surface area contributed by atoms with E-state index in [9.17, 15) is 9.59 Å². The lowest BCUT2D eigenvalue weighted by Crippen LogP contribution is -2.24. The number of hydrogen-bond acceptors (Lipinski definition) is 5. The molecule has 2 heterocycles. The topological polar surface area (TPSA) is 89.6 Å². The minimum atomic E-state index is -0.348. The molecule has 146 valence electrons. The van der Waals surface area contributed by atoms with E-state index in [1.807, 2.05) is 31.2 Å². The van der Waals surface area contributed by atoms with Crippen LogP contribution in [0.1, 0.15) is 32.0 Å². The molecule has 0 radical (unpaired) electrons. The molecular weight excluding hydrogens is 370 g/mol. The molecule has 1 aliphatic rings. The number of amides is 2. The molecule has 2 amide bonds. The molecule has 0 spiro atoms. The number of pyridine rings is 1. The molecule has 0 unspecified atom stereocenters. The minimum Gasteiger partial charge on any atom is -0.454 e. The van der Waals surface area contributed by atoms with Gasteiger partial charge < -0.3 is 20.1 Å². The first kappa shape index (κ1) is 18.5. The Kier molecular flexibility index (Phi) is 5.11. The lowest BCUT2D eigenvalue weighted by molar-refractivity contribution is 0.0946. The molecule has 7 nitrogen and oxygen atoms in total. The summed E-state index contributed by atoms with van der Waals surface area (Å²) in [6, 6.07) is 16.1. The quantitative estimate of drug-likeness (QED) is 0.699. The van der Waals surface area contributed by atoms with Gasteiger partial charge in [-0.15, -0.1) is 0 Å². The highest BCUT2D eigenvalue weighted by atomic mass is 16.7. The van der Waals surface area contributed by atoms with Crippen LogP contribution in [0.3, 0.4) is 0 Å². The lowest BCUT2D eigenvalue weighted by Gasteiger charge is -2.08. The van der Waals surface area contributed by atoms with E-state index in [4.69, 9.17) is 9.47 Å². The zero-order chi connectivity index (χ0) is 20.2. The normalized spacial score (nSPS) is 11.8. The first-order valence-electron chi connectivity index (χ1n) is 9.09. The summed E-state index contributed by atoms with van der Waals surface area (Å²) >= 11 is 0. The summed E-state index contributed by atoms with van der Waals surface area (Å²) in [5.41, 5.74) is 3.22. The standard InChI is InChI=1S/C22H19N3O4/c1-14-2-4-15(5-3-14)12-24-22(27)18-10-16(8-9-23-18)21(26)25-17-6-7-19-20(11-17)29-13-28-19/h2-11H,12-13H2,1H3,(H,24,27)(H,25,26). The van der Waals surface area contributed by atoms with Crippen LogP contribution in [-0.2, 0) is 6.54 Å². The van der Waals surface area contributed by atoms with Gasteiger partial charge in [-0.2, -0.15) is 0 Å². The second-order valence-corrected chi connectivity index (χ2v) is 6.62. The number of nitrogens with one attached hydrogen (secondary N) is 2. The van der Waals surface area contributed by atoms with Gasteiger partial charge in [-0.05, 0) is 36.8 Å². The Morgan fingerprint density at radius 3 is 2.59 bits per heavy atom. The largest absolute Gasteiger partial charge is 0.454 e. The van der Waals surface area contributed by atoms with E-state index in [2.05, 4.69) is 15.6 Å². The van der Waals surface area contributed by atoms with Gasteiger partial charge in [0.15, 0.2) is 11.5 Å². The summed E-state index contributed by atoms with van der Waals surface area (Å²) in [7, 11) is 0. The molecule has 7 heteroatoms. The number of hydrogen-bond donors (Lipinski definition) is 2. The van der Waals surface area contributed by atoms with Crippen molar-refractivity contribution >= 4 is 17.5 Å². The van der Waals surface area contributed by atoms with Gasteiger partial charge in [0, 0.05) is 30.1 Å². The van der Waals surface area contributed by atoms with Crippen molar-refractivity contribution in [3.05, 3.63) is 83.2 Å². The van der Waals surface area contributed by atoms with Crippen LogP contribution in [-0.4, -0.2) is 23.6 Å². The maximum atomic E-state index is 12.6. The summed E-state index contributed by atoms with van der Waals surface area (Å²) in [5, 5.41) is 5.60. The highest BCUT2D eigenvalue weighted by molar-refractivity contribution is 6.05. The molecule has 29 heavy (non-hydrogen) atoms. The van der Waals surface area contributed by atoms with Crippen LogP contribution in [0.5, 0.6) is 11.5 Å². The molecule has 0 bridgehead atoms. The van der Waals surface area contributed by atoms with Crippen LogP contribution >= 0.6 is 0 Å². The molecule has 2 aromatic carbocycles. The fraction of sp³-hybridized carbons (Fsp3) is 0.136. The van der Waals surface area contributed by atoms with Crippen molar-refractivity contribution in [3.63, 3.8) is 0 Å². The predicted octanol–water partition coefficient (Wildman–Crippen LogP) is 3.30. The van der Waals surface area contributed by atoms with Crippen LogP contribution in [0, 0.1) is 6.92 Å². The van der Waals surface area contributed by atoms with Crippen molar-refractivity contribution in [2.24, 2.45) is 0 Å². The zero-order valence-corrected chi connectivity index (χ0v) is 15.8. The van der Waals surface area contributed by atoms with Crippen molar-refractivity contribution < 1.29 is 19.1 Å². The van der Waals surface area contributed by atoms with Crippen molar-refractivity contribution in [1.29, 1.82) is 0 Å². The maximum Gasteiger partial charge on any atom is 0.270 e. The Balaban J connectivity index is 1.41. The number of carbonyl (C=O) groups excluding carboxylic acids is 2. The van der Waals surface area contributed by atoms with Crippen LogP contribution in [0.25, 0.3) is 0 Å². The van der Waals surface area contributed by atoms with Crippen molar-refractivity contribution in [2.75, 3.05) is 12.1 Å². The number of anilines is 1. The van der Waals surface area contributed by atoms with Gasteiger partial charge in [0.1, 0.15) is 5.69 Å². The Labute approximate surface area is 167 Å². The fourth-order valence-corrected chi connectivity index (χ4v) is 2.85. The SMILES string of the molecule is Cc1ccc(CNC(=O)c2cc(C(=O)Nc3ccc4c(c3)OCO4)ccn2)cc1. The molecular formula is C22H19N3O4. The number of nitrogens with zero attached hydrogens (tertiary/aromatic N) is 1. The second-order valence-electron chi connectivity index (χ2n) is 6.62. The van der Waals surface area contributed by atoms with Gasteiger partial charge in [-0.25, -0.2) is 0 Å². The lowest BCUT2D eigenvalue weighted by atomic mass is 10.1. The number of carbonyl (C=O) groups is 2. The highest BCUT2D eigenvalue weighted by Gasteiger charge is 2.16. The Morgan fingerprint density at radius 1 is 0.966 bits per heavy atom. The first-order valence-corrected chi connectivity index (χ1v) is 9.09. The van der Waals surface area contributed by atoms with E-state index in [-0.39, 0.29) is 24.3 Å².